The van der Waals surface area contributed by atoms with Gasteiger partial charge in [-0.15, -0.1) is 10.0 Å². The van der Waals surface area contributed by atoms with E-state index in [0.717, 1.165) is 0 Å². The molecule has 0 fully saturated rings. The molecule has 0 radical (unpaired) electrons. The van der Waals surface area contributed by atoms with Gasteiger partial charge in [0.05, 0.1) is 5.29 Å². The molecule has 0 heterocycles. The molecular weight excluding hydrogens is 172 g/mol. The van der Waals surface area contributed by atoms with Crippen molar-refractivity contribution in [3.8, 4) is 0 Å². The molecule has 5 heteroatoms. The predicted octanol–water partition coefficient (Wildman–Crippen LogP) is 1.24. The molecule has 0 bridgehead atoms. The fourth-order valence-corrected chi connectivity index (χ4v) is 0.861. The third-order valence-electron chi connectivity index (χ3n) is 1.39. The highest BCUT2D eigenvalue weighted by molar-refractivity contribution is 6.42. The lowest BCUT2D eigenvalue weighted by Gasteiger charge is -1.96. The molecular formula is C8H6N2O3. The normalized spacial score (nSPS) is 10.9. The van der Waals surface area contributed by atoms with E-state index in [-0.39, 0.29) is 5.71 Å². The minimum Gasteiger partial charge on any atom is -0.476 e. The summed E-state index contributed by atoms with van der Waals surface area (Å²) >= 11 is 0. The van der Waals surface area contributed by atoms with E-state index in [1.807, 2.05) is 0 Å². The zero-order chi connectivity index (χ0) is 9.68. The Kier molecular flexibility index (Phi) is 2.86. The van der Waals surface area contributed by atoms with Crippen molar-refractivity contribution in [3.05, 3.63) is 40.8 Å². The van der Waals surface area contributed by atoms with Crippen LogP contribution in [-0.2, 0) is 4.79 Å². The molecule has 1 aromatic carbocycles. The summed E-state index contributed by atoms with van der Waals surface area (Å²) in [7, 11) is 0. The maximum atomic E-state index is 10.6. The summed E-state index contributed by atoms with van der Waals surface area (Å²) in [5, 5.41) is 13.8. The second-order valence-electron chi connectivity index (χ2n) is 2.20. The molecule has 0 aliphatic carbocycles. The van der Waals surface area contributed by atoms with Gasteiger partial charge in [0.2, 0.25) is 0 Å². The number of hydrogen-bond acceptors (Lipinski definition) is 3. The van der Waals surface area contributed by atoms with Crippen LogP contribution in [0.4, 0.5) is 0 Å². The molecule has 0 aliphatic heterocycles. The topological polar surface area (TPSA) is 79.1 Å². The Balaban J connectivity index is 3.10. The van der Waals surface area contributed by atoms with Gasteiger partial charge in [0.1, 0.15) is 0 Å². The summed E-state index contributed by atoms with van der Waals surface area (Å²) in [5.41, 5.74) is 0.00481. The number of benzene rings is 1. The Hall–Kier alpha value is -2.04. The summed E-state index contributed by atoms with van der Waals surface area (Å²) in [6, 6.07) is 8.12. The van der Waals surface area contributed by atoms with E-state index in [1.54, 1.807) is 18.2 Å². The maximum Gasteiger partial charge on any atom is 0.357 e. The summed E-state index contributed by atoms with van der Waals surface area (Å²) in [5.74, 6) is -1.27. The summed E-state index contributed by atoms with van der Waals surface area (Å²) < 4.78 is 0. The van der Waals surface area contributed by atoms with Crippen molar-refractivity contribution in [2.24, 2.45) is 10.4 Å². The van der Waals surface area contributed by atoms with Crippen LogP contribution in [0.15, 0.2) is 40.7 Å². The summed E-state index contributed by atoms with van der Waals surface area (Å²) in [6.45, 7) is 0. The lowest BCUT2D eigenvalue weighted by Crippen LogP contribution is -2.13. The Morgan fingerprint density at radius 1 is 1.23 bits per heavy atom. The number of rotatable bonds is 3. The average molecular weight is 178 g/mol. The molecule has 0 saturated carbocycles. The number of nitroso groups, excluding NO2 is 1. The predicted molar refractivity (Wildman–Crippen MR) is 46.4 cm³/mol. The first-order valence-electron chi connectivity index (χ1n) is 3.44. The van der Waals surface area contributed by atoms with Crippen molar-refractivity contribution in [2.75, 3.05) is 0 Å². The Morgan fingerprint density at radius 2 is 1.85 bits per heavy atom. The van der Waals surface area contributed by atoms with E-state index in [4.69, 9.17) is 5.11 Å². The Labute approximate surface area is 73.7 Å². The lowest BCUT2D eigenvalue weighted by atomic mass is 10.1. The first-order valence-corrected chi connectivity index (χ1v) is 3.44. The van der Waals surface area contributed by atoms with Crippen molar-refractivity contribution in [1.29, 1.82) is 0 Å². The number of aliphatic carboxylic acids is 1. The van der Waals surface area contributed by atoms with Crippen molar-refractivity contribution < 1.29 is 9.90 Å². The molecule has 1 N–H and O–H groups in total. The molecule has 1 rings (SSSR count). The van der Waals surface area contributed by atoms with Crippen LogP contribution in [0, 0.1) is 4.91 Å². The van der Waals surface area contributed by atoms with Gasteiger partial charge < -0.3 is 5.11 Å². The lowest BCUT2D eigenvalue weighted by molar-refractivity contribution is -0.129. The van der Waals surface area contributed by atoms with E-state index in [0.29, 0.717) is 5.56 Å². The van der Waals surface area contributed by atoms with E-state index in [2.05, 4.69) is 10.4 Å². The van der Waals surface area contributed by atoms with Crippen LogP contribution in [-0.4, -0.2) is 16.8 Å². The van der Waals surface area contributed by atoms with Gasteiger partial charge in [0.25, 0.3) is 0 Å². The van der Waals surface area contributed by atoms with Crippen LogP contribution in [0.3, 0.4) is 0 Å². The van der Waals surface area contributed by atoms with Crippen molar-refractivity contribution in [3.63, 3.8) is 0 Å². The SMILES string of the molecule is O=N/N=C(\C(=O)O)c1ccccc1. The summed E-state index contributed by atoms with van der Waals surface area (Å²) in [4.78, 5) is 20.4. The van der Waals surface area contributed by atoms with Crippen molar-refractivity contribution >= 4 is 11.7 Å². The summed E-state index contributed by atoms with van der Waals surface area (Å²) in [6.07, 6.45) is 0. The Morgan fingerprint density at radius 3 is 2.31 bits per heavy atom. The van der Waals surface area contributed by atoms with E-state index in [1.165, 1.54) is 12.1 Å². The first kappa shape index (κ1) is 9.05. The smallest absolute Gasteiger partial charge is 0.357 e. The molecule has 0 aliphatic rings. The van der Waals surface area contributed by atoms with Gasteiger partial charge in [0.15, 0.2) is 5.71 Å². The number of carbonyl (C=O) groups is 1. The standard InChI is InChI=1S/C8H6N2O3/c11-8(12)7(9-10-13)6-4-2-1-3-5-6/h1-5H,(H,11,12)/b9-7-. The molecule has 5 nitrogen and oxygen atoms in total. The fourth-order valence-electron chi connectivity index (χ4n) is 0.861. The average Bonchev–Trinajstić information content (AvgIpc) is 2.15. The number of nitrogens with zero attached hydrogens (tertiary/aromatic N) is 2. The van der Waals surface area contributed by atoms with Gasteiger partial charge >= 0.3 is 5.97 Å². The first-order chi connectivity index (χ1) is 6.25. The van der Waals surface area contributed by atoms with E-state index >= 15 is 0 Å². The third kappa shape index (κ3) is 2.19. The van der Waals surface area contributed by atoms with Crippen LogP contribution in [0.1, 0.15) is 5.56 Å². The highest BCUT2D eigenvalue weighted by Crippen LogP contribution is 2.01. The fraction of sp³-hybridized carbons (Fsp3) is 0. The highest BCUT2D eigenvalue weighted by atomic mass is 16.4. The number of hydrogen-bond donors (Lipinski definition) is 1. The minimum atomic E-state index is -1.27. The van der Waals surface area contributed by atoms with Gasteiger partial charge in [-0.05, 0) is 0 Å². The molecule has 66 valence electrons. The molecule has 0 spiro atoms. The number of carboxylic acid groups (broad SMARTS) is 1. The van der Waals surface area contributed by atoms with Crippen LogP contribution in [0.5, 0.6) is 0 Å². The van der Waals surface area contributed by atoms with Gasteiger partial charge in [-0.25, -0.2) is 4.79 Å². The van der Waals surface area contributed by atoms with Gasteiger partial charge in [-0.2, -0.15) is 0 Å². The second-order valence-corrected chi connectivity index (χ2v) is 2.20. The minimum absolute atomic E-state index is 0.351. The monoisotopic (exact) mass is 178 g/mol. The van der Waals surface area contributed by atoms with Crippen LogP contribution >= 0.6 is 0 Å². The Bertz CT molecular complexity index is 346. The van der Waals surface area contributed by atoms with Crippen LogP contribution < -0.4 is 0 Å². The third-order valence-corrected chi connectivity index (χ3v) is 1.39. The quantitative estimate of drug-likeness (QED) is 0.429. The zero-order valence-corrected chi connectivity index (χ0v) is 6.54. The molecule has 0 unspecified atom stereocenters. The van der Waals surface area contributed by atoms with Crippen molar-refractivity contribution in [2.45, 2.75) is 0 Å². The number of carboxylic acids is 1. The molecule has 0 atom stereocenters. The highest BCUT2D eigenvalue weighted by Gasteiger charge is 2.11. The zero-order valence-electron chi connectivity index (χ0n) is 6.54. The molecule has 1 aromatic rings. The molecule has 0 saturated heterocycles. The molecule has 0 aromatic heterocycles. The second kappa shape index (κ2) is 4.10. The van der Waals surface area contributed by atoms with E-state index < -0.39 is 5.97 Å². The van der Waals surface area contributed by atoms with Crippen molar-refractivity contribution in [1.82, 2.24) is 0 Å². The van der Waals surface area contributed by atoms with E-state index in [9.17, 15) is 9.70 Å². The van der Waals surface area contributed by atoms with Crippen LogP contribution in [0.2, 0.25) is 0 Å². The molecule has 13 heavy (non-hydrogen) atoms. The van der Waals surface area contributed by atoms with Crippen LogP contribution in [0.25, 0.3) is 0 Å². The largest absolute Gasteiger partial charge is 0.476 e. The van der Waals surface area contributed by atoms with Gasteiger partial charge in [0, 0.05) is 5.56 Å². The maximum absolute atomic E-state index is 10.6. The van der Waals surface area contributed by atoms with Gasteiger partial charge in [-0.3, -0.25) is 0 Å². The van der Waals surface area contributed by atoms with Gasteiger partial charge in [-0.1, -0.05) is 30.3 Å². The molecule has 0 amide bonds.